The number of hydrogen-bond donors (Lipinski definition) is 2. The monoisotopic (exact) mass is 503 g/mol. The van der Waals surface area contributed by atoms with Crippen LogP contribution in [0.2, 0.25) is 0 Å². The van der Waals surface area contributed by atoms with Gasteiger partial charge in [-0.2, -0.15) is 0 Å². The van der Waals surface area contributed by atoms with E-state index in [1.54, 1.807) is 51.1 Å². The van der Waals surface area contributed by atoms with Gasteiger partial charge in [-0.05, 0) is 57.9 Å². The molecule has 2 aromatic rings. The fourth-order valence-corrected chi connectivity index (χ4v) is 3.76. The van der Waals surface area contributed by atoms with E-state index in [1.165, 1.54) is 4.90 Å². The van der Waals surface area contributed by atoms with Crippen molar-refractivity contribution in [2.75, 3.05) is 6.54 Å². The van der Waals surface area contributed by atoms with E-state index in [4.69, 9.17) is 11.2 Å². The largest absolute Gasteiger partial charge is 0.444 e. The topological polar surface area (TPSA) is 87.7 Å². The number of hydrogen-bond acceptors (Lipinski definition) is 4. The molecule has 2 N–H and O–H groups in total. The van der Waals surface area contributed by atoms with Crippen molar-refractivity contribution in [3.63, 3.8) is 0 Å². The number of nitrogens with zero attached hydrogens (tertiary/aromatic N) is 1. The number of carbonyl (C=O) groups is 3. The summed E-state index contributed by atoms with van der Waals surface area (Å²) in [7, 11) is 0. The Kier molecular flexibility index (Phi) is 10.5. The zero-order valence-corrected chi connectivity index (χ0v) is 22.3. The quantitative estimate of drug-likeness (QED) is 0.372. The third-order valence-corrected chi connectivity index (χ3v) is 5.26. The first-order chi connectivity index (χ1) is 17.4. The molecular formula is C30H37N3O4. The molecule has 0 aliphatic heterocycles. The number of terminal acetylenes is 1. The Balaban J connectivity index is 2.52. The first-order valence-electron chi connectivity index (χ1n) is 12.3. The molecule has 2 rings (SSSR count). The molecule has 0 saturated heterocycles. The first kappa shape index (κ1) is 29.2. The Hall–Kier alpha value is -4.05. The summed E-state index contributed by atoms with van der Waals surface area (Å²) in [5, 5.41) is 5.62. The standard InChI is InChI=1S/C30H37N3O4/c1-8-19-33(26(27(34)31-21(3)4)24-17-15-22(9-2)16-18-24)28(35)25(20-23-13-11-10-12-14-23)32-29(36)37-30(5,6)7/h2,8,10-18,21,25-26H,1,19-20H2,3-7H3,(H,31,34)(H,32,36). The maximum absolute atomic E-state index is 14.1. The highest BCUT2D eigenvalue weighted by Gasteiger charge is 2.36. The number of rotatable bonds is 10. The van der Waals surface area contributed by atoms with Crippen LogP contribution in [0.3, 0.4) is 0 Å². The molecule has 0 heterocycles. The van der Waals surface area contributed by atoms with Crippen LogP contribution in [0.25, 0.3) is 0 Å². The van der Waals surface area contributed by atoms with Gasteiger partial charge in [-0.1, -0.05) is 54.5 Å². The summed E-state index contributed by atoms with van der Waals surface area (Å²) in [5.41, 5.74) is 1.34. The number of nitrogens with one attached hydrogen (secondary N) is 2. The number of benzene rings is 2. The van der Waals surface area contributed by atoms with Gasteiger partial charge in [0.25, 0.3) is 0 Å². The van der Waals surface area contributed by atoms with Crippen LogP contribution in [0.1, 0.15) is 57.4 Å². The number of alkyl carbamates (subject to hydrolysis) is 1. The maximum atomic E-state index is 14.1. The molecule has 0 aliphatic carbocycles. The molecule has 37 heavy (non-hydrogen) atoms. The summed E-state index contributed by atoms with van der Waals surface area (Å²) >= 11 is 0. The molecule has 0 fully saturated rings. The van der Waals surface area contributed by atoms with Gasteiger partial charge >= 0.3 is 6.09 Å². The van der Waals surface area contributed by atoms with Crippen molar-refractivity contribution in [2.45, 2.75) is 64.8 Å². The summed E-state index contributed by atoms with van der Waals surface area (Å²) in [6.45, 7) is 12.8. The van der Waals surface area contributed by atoms with Crippen LogP contribution in [-0.2, 0) is 20.7 Å². The summed E-state index contributed by atoms with van der Waals surface area (Å²) in [6.07, 6.45) is 6.54. The van der Waals surface area contributed by atoms with Crippen LogP contribution < -0.4 is 10.6 Å². The Morgan fingerprint density at radius 3 is 2.19 bits per heavy atom. The highest BCUT2D eigenvalue weighted by molar-refractivity contribution is 5.92. The van der Waals surface area contributed by atoms with Crippen LogP contribution in [0.15, 0.2) is 67.3 Å². The highest BCUT2D eigenvalue weighted by Crippen LogP contribution is 2.24. The fourth-order valence-electron chi connectivity index (χ4n) is 3.76. The third kappa shape index (κ3) is 9.16. The average molecular weight is 504 g/mol. The van der Waals surface area contributed by atoms with E-state index in [9.17, 15) is 14.4 Å². The number of amides is 3. The van der Waals surface area contributed by atoms with Crippen molar-refractivity contribution >= 4 is 17.9 Å². The zero-order chi connectivity index (χ0) is 27.6. The van der Waals surface area contributed by atoms with E-state index < -0.39 is 29.7 Å². The van der Waals surface area contributed by atoms with E-state index in [-0.39, 0.29) is 24.9 Å². The second kappa shape index (κ2) is 13.3. The molecule has 0 radical (unpaired) electrons. The lowest BCUT2D eigenvalue weighted by molar-refractivity contribution is -0.142. The van der Waals surface area contributed by atoms with Gasteiger partial charge in [-0.25, -0.2) is 4.79 Å². The molecule has 2 aromatic carbocycles. The lowest BCUT2D eigenvalue weighted by atomic mass is 9.99. The van der Waals surface area contributed by atoms with Gasteiger partial charge < -0.3 is 20.3 Å². The summed E-state index contributed by atoms with van der Waals surface area (Å²) in [6, 6.07) is 14.1. The minimum atomic E-state index is -0.989. The van der Waals surface area contributed by atoms with E-state index in [0.29, 0.717) is 11.1 Å². The predicted molar refractivity (Wildman–Crippen MR) is 146 cm³/mol. The van der Waals surface area contributed by atoms with E-state index >= 15 is 0 Å². The second-order valence-corrected chi connectivity index (χ2v) is 10.00. The average Bonchev–Trinajstić information content (AvgIpc) is 2.82. The zero-order valence-electron chi connectivity index (χ0n) is 22.3. The van der Waals surface area contributed by atoms with Crippen molar-refractivity contribution in [3.05, 3.63) is 83.9 Å². The third-order valence-electron chi connectivity index (χ3n) is 5.26. The van der Waals surface area contributed by atoms with Crippen LogP contribution in [0, 0.1) is 12.3 Å². The van der Waals surface area contributed by atoms with Crippen LogP contribution in [0.4, 0.5) is 4.79 Å². The molecule has 7 nitrogen and oxygen atoms in total. The molecule has 7 heteroatoms. The molecule has 0 spiro atoms. The molecule has 2 unspecified atom stereocenters. The maximum Gasteiger partial charge on any atom is 0.408 e. The molecule has 0 bridgehead atoms. The normalized spacial score (nSPS) is 12.6. The van der Waals surface area contributed by atoms with Gasteiger partial charge in [0.15, 0.2) is 0 Å². The van der Waals surface area contributed by atoms with E-state index in [0.717, 1.165) is 5.56 Å². The number of ether oxygens (including phenoxy) is 1. The van der Waals surface area contributed by atoms with Gasteiger partial charge in [-0.3, -0.25) is 9.59 Å². The highest BCUT2D eigenvalue weighted by atomic mass is 16.6. The Bertz CT molecular complexity index is 1110. The van der Waals surface area contributed by atoms with Gasteiger partial charge in [0.1, 0.15) is 17.7 Å². The summed E-state index contributed by atoms with van der Waals surface area (Å²) < 4.78 is 5.43. The first-order valence-corrected chi connectivity index (χ1v) is 12.3. The smallest absolute Gasteiger partial charge is 0.408 e. The van der Waals surface area contributed by atoms with Gasteiger partial charge in [-0.15, -0.1) is 13.0 Å². The molecule has 0 aromatic heterocycles. The summed E-state index contributed by atoms with van der Waals surface area (Å²) in [5.74, 6) is 1.76. The lowest BCUT2D eigenvalue weighted by Crippen LogP contribution is -2.54. The van der Waals surface area contributed by atoms with Crippen molar-refractivity contribution in [2.24, 2.45) is 0 Å². The minimum Gasteiger partial charge on any atom is -0.444 e. The second-order valence-electron chi connectivity index (χ2n) is 10.00. The van der Waals surface area contributed by atoms with Crippen molar-refractivity contribution in [1.29, 1.82) is 0 Å². The van der Waals surface area contributed by atoms with E-state index in [1.807, 2.05) is 44.2 Å². The van der Waals surface area contributed by atoms with Crippen LogP contribution in [0.5, 0.6) is 0 Å². The van der Waals surface area contributed by atoms with Crippen LogP contribution >= 0.6 is 0 Å². The van der Waals surface area contributed by atoms with E-state index in [2.05, 4.69) is 23.1 Å². The summed E-state index contributed by atoms with van der Waals surface area (Å²) in [4.78, 5) is 41.6. The Morgan fingerprint density at radius 1 is 1.05 bits per heavy atom. The molecule has 3 amide bonds. The van der Waals surface area contributed by atoms with Crippen molar-refractivity contribution in [3.8, 4) is 12.3 Å². The van der Waals surface area contributed by atoms with Gasteiger partial charge in [0, 0.05) is 24.6 Å². The lowest BCUT2D eigenvalue weighted by Gasteiger charge is -2.34. The molecule has 196 valence electrons. The van der Waals surface area contributed by atoms with Gasteiger partial charge in [0.05, 0.1) is 0 Å². The fraction of sp³-hybridized carbons (Fsp3) is 0.367. The Morgan fingerprint density at radius 2 is 1.68 bits per heavy atom. The molecule has 0 saturated carbocycles. The molecule has 2 atom stereocenters. The Labute approximate surface area is 220 Å². The van der Waals surface area contributed by atoms with Crippen molar-refractivity contribution < 1.29 is 19.1 Å². The predicted octanol–water partition coefficient (Wildman–Crippen LogP) is 4.38. The molecular weight excluding hydrogens is 466 g/mol. The minimum absolute atomic E-state index is 0.0766. The SMILES string of the molecule is C#Cc1ccc(C(C(=O)NC(C)C)N(CC=C)C(=O)C(Cc2ccccc2)NC(=O)OC(C)(C)C)cc1. The van der Waals surface area contributed by atoms with Gasteiger partial charge in [0.2, 0.25) is 11.8 Å². The van der Waals surface area contributed by atoms with Crippen molar-refractivity contribution in [1.82, 2.24) is 15.5 Å². The van der Waals surface area contributed by atoms with Crippen LogP contribution in [-0.4, -0.2) is 47.0 Å². The number of carbonyl (C=O) groups excluding carboxylic acids is 3. The molecule has 0 aliphatic rings.